The van der Waals surface area contributed by atoms with Crippen LogP contribution in [-0.4, -0.2) is 22.2 Å². The maximum atomic E-state index is 12.0. The molecule has 1 atom stereocenters. The average Bonchev–Trinajstić information content (AvgIpc) is 3.11. The Morgan fingerprint density at radius 1 is 1.11 bits per heavy atom. The molecule has 0 saturated carbocycles. The van der Waals surface area contributed by atoms with Crippen molar-refractivity contribution in [1.82, 2.24) is 15.5 Å². The van der Waals surface area contributed by atoms with Crippen LogP contribution < -0.4 is 10.6 Å². The van der Waals surface area contributed by atoms with E-state index in [1.807, 2.05) is 64.1 Å². The third kappa shape index (κ3) is 4.73. The number of urea groups is 1. The largest absolute Gasteiger partial charge is 0.335 e. The Bertz CT molecular complexity index is 929. The number of aromatic nitrogens is 2. The quantitative estimate of drug-likeness (QED) is 0.672. The second kappa shape index (κ2) is 8.03. The van der Waals surface area contributed by atoms with Crippen molar-refractivity contribution in [3.05, 3.63) is 53.6 Å². The molecule has 140 valence electrons. The van der Waals surface area contributed by atoms with Crippen LogP contribution in [0, 0.1) is 13.8 Å². The van der Waals surface area contributed by atoms with Gasteiger partial charge in [0, 0.05) is 22.9 Å². The Balaban J connectivity index is 1.79. The first-order valence-corrected chi connectivity index (χ1v) is 9.05. The van der Waals surface area contributed by atoms with Gasteiger partial charge in [0.1, 0.15) is 0 Å². The van der Waals surface area contributed by atoms with E-state index in [-0.39, 0.29) is 12.1 Å². The normalized spacial score (nSPS) is 11.9. The molecule has 6 nitrogen and oxygen atoms in total. The minimum absolute atomic E-state index is 0.116. The standard InChI is InChI=1S/C21H24N4O2/c1-5-15(4)22-21(26)23-18-8-6-7-16(12-18)19-24-20(27-25-19)17-10-13(2)9-14(3)11-17/h6-12,15H,5H2,1-4H3,(H2,22,23,26). The van der Waals surface area contributed by atoms with Crippen LogP contribution >= 0.6 is 0 Å². The van der Waals surface area contributed by atoms with Crippen molar-refractivity contribution in [1.29, 1.82) is 0 Å². The number of nitrogens with zero attached hydrogens (tertiary/aromatic N) is 2. The van der Waals surface area contributed by atoms with E-state index in [9.17, 15) is 4.79 Å². The molecule has 0 aliphatic rings. The van der Waals surface area contributed by atoms with Crippen molar-refractivity contribution in [2.75, 3.05) is 5.32 Å². The highest BCUT2D eigenvalue weighted by Crippen LogP contribution is 2.25. The van der Waals surface area contributed by atoms with Crippen LogP contribution in [0.5, 0.6) is 0 Å². The summed E-state index contributed by atoms with van der Waals surface area (Å²) in [5.74, 6) is 0.958. The van der Waals surface area contributed by atoms with Gasteiger partial charge in [-0.15, -0.1) is 0 Å². The maximum Gasteiger partial charge on any atom is 0.319 e. The summed E-state index contributed by atoms with van der Waals surface area (Å²) in [5.41, 5.74) is 4.63. The molecule has 0 fully saturated rings. The monoisotopic (exact) mass is 364 g/mol. The van der Waals surface area contributed by atoms with Gasteiger partial charge in [0.2, 0.25) is 5.82 Å². The third-order valence-electron chi connectivity index (χ3n) is 4.26. The summed E-state index contributed by atoms with van der Waals surface area (Å²) >= 11 is 0. The highest BCUT2D eigenvalue weighted by atomic mass is 16.5. The molecule has 3 rings (SSSR count). The van der Waals surface area contributed by atoms with Crippen LogP contribution in [0.2, 0.25) is 0 Å². The number of amides is 2. The van der Waals surface area contributed by atoms with Crippen molar-refractivity contribution in [2.45, 2.75) is 40.2 Å². The lowest BCUT2D eigenvalue weighted by molar-refractivity contribution is 0.249. The summed E-state index contributed by atoms with van der Waals surface area (Å²) < 4.78 is 5.44. The molecule has 0 radical (unpaired) electrons. The zero-order chi connectivity index (χ0) is 19.4. The van der Waals surface area contributed by atoms with Gasteiger partial charge in [-0.05, 0) is 51.5 Å². The Hall–Kier alpha value is -3.15. The number of carbonyl (C=O) groups excluding carboxylic acids is 1. The number of nitrogens with one attached hydrogen (secondary N) is 2. The van der Waals surface area contributed by atoms with Crippen molar-refractivity contribution >= 4 is 11.7 Å². The van der Waals surface area contributed by atoms with Gasteiger partial charge in [-0.1, -0.05) is 41.4 Å². The lowest BCUT2D eigenvalue weighted by Gasteiger charge is -2.12. The third-order valence-corrected chi connectivity index (χ3v) is 4.26. The van der Waals surface area contributed by atoms with Crippen LogP contribution in [0.25, 0.3) is 22.8 Å². The average molecular weight is 364 g/mol. The van der Waals surface area contributed by atoms with Crippen LogP contribution in [0.4, 0.5) is 10.5 Å². The highest BCUT2D eigenvalue weighted by Gasteiger charge is 2.12. The van der Waals surface area contributed by atoms with E-state index in [1.54, 1.807) is 0 Å². The van der Waals surface area contributed by atoms with Crippen molar-refractivity contribution < 1.29 is 9.32 Å². The summed E-state index contributed by atoms with van der Waals surface area (Å²) in [6, 6.07) is 13.4. The van der Waals surface area contributed by atoms with Crippen LogP contribution in [0.3, 0.4) is 0 Å². The van der Waals surface area contributed by atoms with E-state index < -0.39 is 0 Å². The first-order valence-electron chi connectivity index (χ1n) is 9.05. The molecule has 1 aromatic heterocycles. The number of hydrogen-bond acceptors (Lipinski definition) is 4. The van der Waals surface area contributed by atoms with Crippen LogP contribution in [-0.2, 0) is 0 Å². The lowest BCUT2D eigenvalue weighted by Crippen LogP contribution is -2.35. The van der Waals surface area contributed by atoms with E-state index in [0.717, 1.165) is 28.7 Å². The summed E-state index contributed by atoms with van der Waals surface area (Å²) in [6.07, 6.45) is 0.873. The van der Waals surface area contributed by atoms with Crippen molar-refractivity contribution in [3.63, 3.8) is 0 Å². The molecule has 2 N–H and O–H groups in total. The Labute approximate surface area is 159 Å². The molecule has 0 saturated heterocycles. The molecule has 2 amide bonds. The summed E-state index contributed by atoms with van der Waals surface area (Å²) in [5, 5.41) is 9.80. The SMILES string of the molecule is CCC(C)NC(=O)Nc1cccc(-c2noc(-c3cc(C)cc(C)c3)n2)c1. The minimum Gasteiger partial charge on any atom is -0.335 e. The number of benzene rings is 2. The van der Waals surface area contributed by atoms with Crippen molar-refractivity contribution in [3.8, 4) is 22.8 Å². The van der Waals surface area contributed by atoms with Gasteiger partial charge in [0.05, 0.1) is 0 Å². The number of aryl methyl sites for hydroxylation is 2. The molecule has 27 heavy (non-hydrogen) atoms. The molecule has 0 aliphatic heterocycles. The van der Waals surface area contributed by atoms with E-state index in [0.29, 0.717) is 17.4 Å². The molecular weight excluding hydrogens is 340 g/mol. The lowest BCUT2D eigenvalue weighted by atomic mass is 10.1. The molecule has 2 aromatic carbocycles. The van der Waals surface area contributed by atoms with Gasteiger partial charge in [0.25, 0.3) is 5.89 Å². The second-order valence-corrected chi connectivity index (χ2v) is 6.79. The van der Waals surface area contributed by atoms with Gasteiger partial charge >= 0.3 is 6.03 Å². The molecule has 0 bridgehead atoms. The molecule has 0 aliphatic carbocycles. The fourth-order valence-corrected chi connectivity index (χ4v) is 2.79. The Kier molecular flexibility index (Phi) is 5.54. The number of hydrogen-bond donors (Lipinski definition) is 2. The molecule has 1 unspecified atom stereocenters. The topological polar surface area (TPSA) is 80.0 Å². The zero-order valence-electron chi connectivity index (χ0n) is 16.0. The summed E-state index contributed by atoms with van der Waals surface area (Å²) in [6.45, 7) is 8.06. The summed E-state index contributed by atoms with van der Waals surface area (Å²) in [4.78, 5) is 16.5. The first kappa shape index (κ1) is 18.6. The van der Waals surface area contributed by atoms with Gasteiger partial charge in [-0.2, -0.15) is 4.98 Å². The number of carbonyl (C=O) groups is 1. The molecule has 0 spiro atoms. The molecule has 6 heteroatoms. The molecular formula is C21H24N4O2. The van der Waals surface area contributed by atoms with Crippen LogP contribution in [0.15, 0.2) is 47.0 Å². The number of rotatable bonds is 5. The van der Waals surface area contributed by atoms with E-state index in [1.165, 1.54) is 0 Å². The van der Waals surface area contributed by atoms with Gasteiger partial charge in [0.15, 0.2) is 0 Å². The Morgan fingerprint density at radius 3 is 2.56 bits per heavy atom. The van der Waals surface area contributed by atoms with E-state index in [2.05, 4.69) is 26.8 Å². The van der Waals surface area contributed by atoms with E-state index >= 15 is 0 Å². The van der Waals surface area contributed by atoms with Crippen LogP contribution in [0.1, 0.15) is 31.4 Å². The van der Waals surface area contributed by atoms with Gasteiger partial charge in [-0.3, -0.25) is 0 Å². The minimum atomic E-state index is -0.231. The summed E-state index contributed by atoms with van der Waals surface area (Å²) in [7, 11) is 0. The maximum absolute atomic E-state index is 12.0. The number of anilines is 1. The zero-order valence-corrected chi connectivity index (χ0v) is 16.0. The highest BCUT2D eigenvalue weighted by molar-refractivity contribution is 5.90. The smallest absolute Gasteiger partial charge is 0.319 e. The predicted molar refractivity (Wildman–Crippen MR) is 107 cm³/mol. The molecule has 1 heterocycles. The van der Waals surface area contributed by atoms with Gasteiger partial charge in [-0.25, -0.2) is 4.79 Å². The Morgan fingerprint density at radius 2 is 1.85 bits per heavy atom. The molecule has 3 aromatic rings. The first-order chi connectivity index (χ1) is 12.9. The predicted octanol–water partition coefficient (Wildman–Crippen LogP) is 4.94. The second-order valence-electron chi connectivity index (χ2n) is 6.79. The van der Waals surface area contributed by atoms with Gasteiger partial charge < -0.3 is 15.2 Å². The van der Waals surface area contributed by atoms with Crippen molar-refractivity contribution in [2.24, 2.45) is 0 Å². The fourth-order valence-electron chi connectivity index (χ4n) is 2.79. The van der Waals surface area contributed by atoms with E-state index in [4.69, 9.17) is 4.52 Å². The fraction of sp³-hybridized carbons (Fsp3) is 0.286.